The maximum absolute atomic E-state index is 13.2. The molecule has 160 valence electrons. The number of sulfonamides is 1. The Morgan fingerprint density at radius 2 is 1.93 bits per heavy atom. The molecular formula is C21H23FN2O5S. The third-order valence-electron chi connectivity index (χ3n) is 4.95. The summed E-state index contributed by atoms with van der Waals surface area (Å²) in [6.07, 6.45) is 1.17. The number of rotatable bonds is 6. The molecule has 9 heteroatoms. The number of anilines is 1. The minimum absolute atomic E-state index is 0.000500. The maximum Gasteiger partial charge on any atom is 0.309 e. The molecule has 0 bridgehead atoms. The number of hydrogen-bond acceptors (Lipinski definition) is 5. The molecular weight excluding hydrogens is 411 g/mol. The number of nitrogens with zero attached hydrogens (tertiary/aromatic N) is 1. The van der Waals surface area contributed by atoms with Gasteiger partial charge in [-0.1, -0.05) is 12.1 Å². The van der Waals surface area contributed by atoms with Crippen LogP contribution in [0.2, 0.25) is 0 Å². The van der Waals surface area contributed by atoms with Crippen molar-refractivity contribution in [3.8, 4) is 0 Å². The average molecular weight is 434 g/mol. The summed E-state index contributed by atoms with van der Waals surface area (Å²) < 4.78 is 45.1. The summed E-state index contributed by atoms with van der Waals surface area (Å²) in [6, 6.07) is 11.6. The molecule has 1 N–H and O–H groups in total. The van der Waals surface area contributed by atoms with Crippen molar-refractivity contribution in [2.24, 2.45) is 5.92 Å². The van der Waals surface area contributed by atoms with Crippen LogP contribution >= 0.6 is 0 Å². The number of ether oxygens (including phenoxy) is 1. The van der Waals surface area contributed by atoms with Crippen LogP contribution in [-0.2, 0) is 30.8 Å². The first kappa shape index (κ1) is 21.9. The van der Waals surface area contributed by atoms with Gasteiger partial charge >= 0.3 is 5.97 Å². The van der Waals surface area contributed by atoms with Crippen LogP contribution in [0, 0.1) is 11.7 Å². The minimum Gasteiger partial charge on any atom is -0.469 e. The number of piperidine rings is 1. The van der Waals surface area contributed by atoms with E-state index in [2.05, 4.69) is 5.32 Å². The second-order valence-corrected chi connectivity index (χ2v) is 9.04. The third kappa shape index (κ3) is 5.22. The summed E-state index contributed by atoms with van der Waals surface area (Å²) in [5.74, 6) is -1.64. The normalized spacial score (nSPS) is 17.3. The van der Waals surface area contributed by atoms with E-state index in [1.54, 1.807) is 6.07 Å². The fourth-order valence-electron chi connectivity index (χ4n) is 3.42. The first-order valence-corrected chi connectivity index (χ1v) is 11.0. The predicted molar refractivity (Wildman–Crippen MR) is 109 cm³/mol. The molecule has 1 atom stereocenters. The predicted octanol–water partition coefficient (Wildman–Crippen LogP) is 2.58. The second-order valence-electron chi connectivity index (χ2n) is 7.10. The number of benzene rings is 2. The smallest absolute Gasteiger partial charge is 0.309 e. The van der Waals surface area contributed by atoms with Gasteiger partial charge in [0.15, 0.2) is 0 Å². The quantitative estimate of drug-likeness (QED) is 0.706. The lowest BCUT2D eigenvalue weighted by Gasteiger charge is -2.30. The van der Waals surface area contributed by atoms with E-state index in [1.807, 2.05) is 0 Å². The van der Waals surface area contributed by atoms with Crippen molar-refractivity contribution in [2.75, 3.05) is 25.5 Å². The van der Waals surface area contributed by atoms with Gasteiger partial charge in [-0.05, 0) is 54.8 Å². The van der Waals surface area contributed by atoms with E-state index in [0.717, 1.165) is 0 Å². The van der Waals surface area contributed by atoms with Gasteiger partial charge in [-0.15, -0.1) is 0 Å². The molecule has 1 amide bonds. The van der Waals surface area contributed by atoms with Crippen molar-refractivity contribution in [1.29, 1.82) is 0 Å². The van der Waals surface area contributed by atoms with Crippen molar-refractivity contribution in [3.63, 3.8) is 0 Å². The molecule has 2 aromatic rings. The Morgan fingerprint density at radius 3 is 2.60 bits per heavy atom. The minimum atomic E-state index is -3.76. The zero-order valence-corrected chi connectivity index (χ0v) is 17.3. The van der Waals surface area contributed by atoms with Gasteiger partial charge in [0.25, 0.3) is 0 Å². The summed E-state index contributed by atoms with van der Waals surface area (Å²) in [6.45, 7) is 0.420. The zero-order valence-electron chi connectivity index (χ0n) is 16.5. The highest BCUT2D eigenvalue weighted by atomic mass is 32.2. The summed E-state index contributed by atoms with van der Waals surface area (Å²) >= 11 is 0. The molecule has 0 spiro atoms. The lowest BCUT2D eigenvalue weighted by molar-refractivity contribution is -0.146. The number of nitrogens with one attached hydrogen (secondary N) is 1. The molecule has 30 heavy (non-hydrogen) atoms. The Labute approximate surface area is 174 Å². The lowest BCUT2D eigenvalue weighted by atomic mass is 10.0. The van der Waals surface area contributed by atoms with Crippen LogP contribution in [0.5, 0.6) is 0 Å². The summed E-state index contributed by atoms with van der Waals surface area (Å²) in [4.78, 5) is 24.0. The maximum atomic E-state index is 13.2. The topological polar surface area (TPSA) is 92.8 Å². The number of esters is 1. The molecule has 0 aliphatic carbocycles. The standard InChI is InChI=1S/C21H23FN2O5S/c1-29-21(26)16-5-3-11-24(14-16)30(27,28)19-9-7-18(8-10-19)23-20(25)13-15-4-2-6-17(22)12-15/h2,4,6-10,12,16H,3,5,11,13-14H2,1H3,(H,23,25)/t16-/m0/s1. The number of amides is 1. The van der Waals surface area contributed by atoms with E-state index in [4.69, 9.17) is 4.74 Å². The molecule has 0 saturated carbocycles. The largest absolute Gasteiger partial charge is 0.469 e. The highest BCUT2D eigenvalue weighted by molar-refractivity contribution is 7.89. The van der Waals surface area contributed by atoms with Crippen molar-refractivity contribution < 1.29 is 27.1 Å². The molecule has 1 aliphatic heterocycles. The van der Waals surface area contributed by atoms with Crippen LogP contribution in [0.15, 0.2) is 53.4 Å². The highest BCUT2D eigenvalue weighted by Crippen LogP contribution is 2.25. The molecule has 1 saturated heterocycles. The van der Waals surface area contributed by atoms with E-state index in [0.29, 0.717) is 30.6 Å². The van der Waals surface area contributed by atoms with Crippen molar-refractivity contribution in [1.82, 2.24) is 4.31 Å². The van der Waals surface area contributed by atoms with E-state index >= 15 is 0 Å². The van der Waals surface area contributed by atoms with Crippen LogP contribution in [-0.4, -0.2) is 44.8 Å². The first-order valence-electron chi connectivity index (χ1n) is 9.52. The molecule has 1 fully saturated rings. The Morgan fingerprint density at radius 1 is 1.20 bits per heavy atom. The number of halogens is 1. The van der Waals surface area contributed by atoms with Crippen LogP contribution in [0.3, 0.4) is 0 Å². The van der Waals surface area contributed by atoms with Gasteiger partial charge in [-0.25, -0.2) is 12.8 Å². The number of carbonyl (C=O) groups excluding carboxylic acids is 2. The van der Waals surface area contributed by atoms with Gasteiger partial charge in [0.2, 0.25) is 15.9 Å². The van der Waals surface area contributed by atoms with Crippen molar-refractivity contribution in [3.05, 3.63) is 59.9 Å². The number of methoxy groups -OCH3 is 1. The Kier molecular flexibility index (Phi) is 6.84. The number of carbonyl (C=O) groups is 2. The van der Waals surface area contributed by atoms with E-state index in [9.17, 15) is 22.4 Å². The fraction of sp³-hybridized carbons (Fsp3) is 0.333. The van der Waals surface area contributed by atoms with Gasteiger partial charge in [0.1, 0.15) is 5.82 Å². The van der Waals surface area contributed by atoms with Crippen molar-refractivity contribution >= 4 is 27.6 Å². The van der Waals surface area contributed by atoms with E-state index < -0.39 is 27.7 Å². The Bertz CT molecular complexity index is 1020. The molecule has 7 nitrogen and oxygen atoms in total. The zero-order chi connectivity index (χ0) is 21.7. The highest BCUT2D eigenvalue weighted by Gasteiger charge is 2.33. The van der Waals surface area contributed by atoms with Crippen LogP contribution in [0.4, 0.5) is 10.1 Å². The van der Waals surface area contributed by atoms with Crippen LogP contribution in [0.1, 0.15) is 18.4 Å². The molecule has 0 radical (unpaired) electrons. The molecule has 3 rings (SSSR count). The van der Waals surface area contributed by atoms with Gasteiger partial charge in [0.05, 0.1) is 24.3 Å². The fourth-order valence-corrected chi connectivity index (χ4v) is 4.94. The lowest BCUT2D eigenvalue weighted by Crippen LogP contribution is -2.42. The SMILES string of the molecule is COC(=O)[C@H]1CCCN(S(=O)(=O)c2ccc(NC(=O)Cc3cccc(F)c3)cc2)C1. The summed E-state index contributed by atoms with van der Waals surface area (Å²) in [5.41, 5.74) is 0.971. The van der Waals surface area contributed by atoms with Gasteiger partial charge in [-0.3, -0.25) is 9.59 Å². The van der Waals surface area contributed by atoms with Crippen LogP contribution in [0.25, 0.3) is 0 Å². The molecule has 1 heterocycles. The molecule has 2 aromatic carbocycles. The molecule has 0 unspecified atom stereocenters. The molecule has 1 aliphatic rings. The summed E-state index contributed by atoms with van der Waals surface area (Å²) in [5, 5.41) is 2.67. The van der Waals surface area contributed by atoms with Gasteiger partial charge in [0, 0.05) is 18.8 Å². The monoisotopic (exact) mass is 434 g/mol. The Hall–Kier alpha value is -2.78. The van der Waals surface area contributed by atoms with Gasteiger partial charge < -0.3 is 10.1 Å². The van der Waals surface area contributed by atoms with Gasteiger partial charge in [-0.2, -0.15) is 4.31 Å². The second kappa shape index (κ2) is 9.36. The average Bonchev–Trinajstić information content (AvgIpc) is 2.73. The molecule has 0 aromatic heterocycles. The van der Waals surface area contributed by atoms with E-state index in [-0.39, 0.29) is 23.8 Å². The van der Waals surface area contributed by atoms with Crippen molar-refractivity contribution in [2.45, 2.75) is 24.2 Å². The first-order chi connectivity index (χ1) is 14.3. The van der Waals surface area contributed by atoms with E-state index in [1.165, 1.54) is 53.9 Å². The third-order valence-corrected chi connectivity index (χ3v) is 6.83. The Balaban J connectivity index is 1.65. The number of hydrogen-bond donors (Lipinski definition) is 1. The summed E-state index contributed by atoms with van der Waals surface area (Å²) in [7, 11) is -2.48. The van der Waals surface area contributed by atoms with Crippen LogP contribution < -0.4 is 5.32 Å².